The van der Waals surface area contributed by atoms with Gasteiger partial charge in [-0.2, -0.15) is 0 Å². The predicted molar refractivity (Wildman–Crippen MR) is 166 cm³/mol. The molecule has 1 fully saturated rings. The lowest BCUT2D eigenvalue weighted by Crippen LogP contribution is -2.54. The first kappa shape index (κ1) is 27.9. The SMILES string of the molecule is CCOc1cc(/C=C2/C(=O)NC(=O)N(c3ccc(Br)c(C)c3)C2=O)cc(I)c1OCc1ccc2ccccc2c1. The largest absolute Gasteiger partial charge is 0.490 e. The number of urea groups is 1. The molecule has 0 bridgehead atoms. The molecule has 0 aliphatic carbocycles. The highest BCUT2D eigenvalue weighted by atomic mass is 127. The molecular formula is C31H24BrIN2O5. The molecule has 1 N–H and O–H groups in total. The highest BCUT2D eigenvalue weighted by Crippen LogP contribution is 2.36. The van der Waals surface area contributed by atoms with Crippen LogP contribution >= 0.6 is 38.5 Å². The molecule has 40 heavy (non-hydrogen) atoms. The number of aryl methyl sites for hydroxylation is 1. The van der Waals surface area contributed by atoms with Crippen LogP contribution in [-0.4, -0.2) is 24.5 Å². The molecule has 0 aromatic heterocycles. The quantitative estimate of drug-likeness (QED) is 0.125. The number of halogens is 2. The Morgan fingerprint density at radius 2 is 1.73 bits per heavy atom. The number of benzene rings is 4. The van der Waals surface area contributed by atoms with Crippen molar-refractivity contribution in [3.63, 3.8) is 0 Å². The third-order valence-corrected chi connectivity index (χ3v) is 8.03. The van der Waals surface area contributed by atoms with Gasteiger partial charge in [-0.25, -0.2) is 9.69 Å². The summed E-state index contributed by atoms with van der Waals surface area (Å²) in [6, 6.07) is 22.1. The smallest absolute Gasteiger partial charge is 0.335 e. The number of amides is 4. The molecule has 0 unspecified atom stereocenters. The summed E-state index contributed by atoms with van der Waals surface area (Å²) in [5.41, 5.74) is 2.62. The first-order valence-electron chi connectivity index (χ1n) is 12.5. The molecular weight excluding hydrogens is 687 g/mol. The minimum Gasteiger partial charge on any atom is -0.490 e. The van der Waals surface area contributed by atoms with E-state index in [2.05, 4.69) is 68.1 Å². The molecule has 4 aromatic carbocycles. The van der Waals surface area contributed by atoms with E-state index >= 15 is 0 Å². The Bertz CT molecular complexity index is 1700. The Hall–Kier alpha value is -3.70. The van der Waals surface area contributed by atoms with Gasteiger partial charge in [0.15, 0.2) is 11.5 Å². The zero-order valence-corrected chi connectivity index (χ0v) is 25.4. The first-order valence-corrected chi connectivity index (χ1v) is 14.4. The van der Waals surface area contributed by atoms with Crippen molar-refractivity contribution in [3.05, 3.63) is 103 Å². The van der Waals surface area contributed by atoms with Gasteiger partial charge in [-0.15, -0.1) is 0 Å². The molecule has 5 rings (SSSR count). The minimum absolute atomic E-state index is 0.164. The van der Waals surface area contributed by atoms with Crippen LogP contribution in [0.3, 0.4) is 0 Å². The third kappa shape index (κ3) is 5.75. The summed E-state index contributed by atoms with van der Waals surface area (Å²) in [6.45, 7) is 4.45. The van der Waals surface area contributed by atoms with Crippen molar-refractivity contribution >= 4 is 78.9 Å². The van der Waals surface area contributed by atoms with E-state index in [1.807, 2.05) is 32.0 Å². The van der Waals surface area contributed by atoms with E-state index in [1.165, 1.54) is 6.08 Å². The topological polar surface area (TPSA) is 84.9 Å². The van der Waals surface area contributed by atoms with Crippen LogP contribution in [0.5, 0.6) is 11.5 Å². The van der Waals surface area contributed by atoms with Crippen molar-refractivity contribution < 1.29 is 23.9 Å². The average Bonchev–Trinajstić information content (AvgIpc) is 2.92. The number of anilines is 1. The molecule has 9 heteroatoms. The Kier molecular flexibility index (Phi) is 8.22. The van der Waals surface area contributed by atoms with Gasteiger partial charge in [0.05, 0.1) is 15.9 Å². The fourth-order valence-electron chi connectivity index (χ4n) is 4.38. The van der Waals surface area contributed by atoms with Gasteiger partial charge >= 0.3 is 6.03 Å². The number of ether oxygens (including phenoxy) is 2. The van der Waals surface area contributed by atoms with Crippen LogP contribution in [0.15, 0.2) is 82.8 Å². The second-order valence-corrected chi connectivity index (χ2v) is 11.1. The van der Waals surface area contributed by atoms with Crippen LogP contribution in [0.25, 0.3) is 16.8 Å². The highest BCUT2D eigenvalue weighted by molar-refractivity contribution is 14.1. The van der Waals surface area contributed by atoms with Gasteiger partial charge in [-0.3, -0.25) is 14.9 Å². The van der Waals surface area contributed by atoms with Crippen molar-refractivity contribution in [1.29, 1.82) is 0 Å². The molecule has 1 saturated heterocycles. The summed E-state index contributed by atoms with van der Waals surface area (Å²) in [4.78, 5) is 39.7. The zero-order chi connectivity index (χ0) is 28.4. The van der Waals surface area contributed by atoms with Crippen LogP contribution in [0, 0.1) is 10.5 Å². The number of nitrogens with zero attached hydrogens (tertiary/aromatic N) is 1. The Balaban J connectivity index is 1.44. The van der Waals surface area contributed by atoms with E-state index in [9.17, 15) is 14.4 Å². The summed E-state index contributed by atoms with van der Waals surface area (Å²) < 4.78 is 13.7. The van der Waals surface area contributed by atoms with Gasteiger partial charge in [0.1, 0.15) is 12.2 Å². The lowest BCUT2D eigenvalue weighted by Gasteiger charge is -2.26. The second-order valence-electron chi connectivity index (χ2n) is 9.12. The molecule has 1 aliphatic rings. The summed E-state index contributed by atoms with van der Waals surface area (Å²) in [6.07, 6.45) is 1.46. The van der Waals surface area contributed by atoms with E-state index in [0.717, 1.165) is 34.8 Å². The Morgan fingerprint density at radius 3 is 2.48 bits per heavy atom. The number of rotatable bonds is 7. The molecule has 0 radical (unpaired) electrons. The summed E-state index contributed by atoms with van der Waals surface area (Å²) in [5, 5.41) is 4.56. The molecule has 202 valence electrons. The summed E-state index contributed by atoms with van der Waals surface area (Å²) in [5.74, 6) is -0.411. The Morgan fingerprint density at radius 1 is 0.950 bits per heavy atom. The van der Waals surface area contributed by atoms with Gasteiger partial charge in [-0.05, 0) is 106 Å². The van der Waals surface area contributed by atoms with Crippen LogP contribution < -0.4 is 19.7 Å². The van der Waals surface area contributed by atoms with Crippen molar-refractivity contribution in [3.8, 4) is 11.5 Å². The predicted octanol–water partition coefficient (Wildman–Crippen LogP) is 7.16. The van der Waals surface area contributed by atoms with Gasteiger partial charge in [-0.1, -0.05) is 52.3 Å². The fraction of sp³-hybridized carbons (Fsp3) is 0.129. The summed E-state index contributed by atoms with van der Waals surface area (Å²) in [7, 11) is 0. The van der Waals surface area contributed by atoms with Crippen LogP contribution in [0.2, 0.25) is 0 Å². The van der Waals surface area contributed by atoms with Crippen molar-refractivity contribution in [2.45, 2.75) is 20.5 Å². The van der Waals surface area contributed by atoms with Crippen LogP contribution in [0.1, 0.15) is 23.6 Å². The maximum Gasteiger partial charge on any atom is 0.335 e. The molecule has 1 aliphatic heterocycles. The number of carbonyl (C=O) groups is 3. The third-order valence-electron chi connectivity index (χ3n) is 6.34. The van der Waals surface area contributed by atoms with E-state index in [0.29, 0.717) is 36.0 Å². The van der Waals surface area contributed by atoms with Crippen molar-refractivity contribution in [2.24, 2.45) is 0 Å². The number of barbiturate groups is 1. The van der Waals surface area contributed by atoms with Crippen molar-refractivity contribution in [1.82, 2.24) is 5.32 Å². The standard InChI is InChI=1S/C31H24BrIN2O5/c1-3-39-27-16-20(15-26(33)28(27)40-17-19-8-9-21-6-4-5-7-22(21)13-19)14-24-29(36)34-31(38)35(30(24)37)23-10-11-25(32)18(2)12-23/h4-16H,3,17H2,1-2H3,(H,34,36,38)/b24-14-. The van der Waals surface area contributed by atoms with E-state index < -0.39 is 17.8 Å². The number of hydrogen-bond acceptors (Lipinski definition) is 5. The van der Waals surface area contributed by atoms with Gasteiger partial charge in [0.2, 0.25) is 0 Å². The monoisotopic (exact) mass is 710 g/mol. The molecule has 0 saturated carbocycles. The average molecular weight is 711 g/mol. The van der Waals surface area contributed by atoms with E-state index in [4.69, 9.17) is 9.47 Å². The fourth-order valence-corrected chi connectivity index (χ4v) is 5.41. The number of fused-ring (bicyclic) bond motifs is 1. The highest BCUT2D eigenvalue weighted by Gasteiger charge is 2.37. The van der Waals surface area contributed by atoms with Gasteiger partial charge in [0.25, 0.3) is 11.8 Å². The summed E-state index contributed by atoms with van der Waals surface area (Å²) >= 11 is 5.57. The van der Waals surface area contributed by atoms with E-state index in [-0.39, 0.29) is 5.57 Å². The maximum atomic E-state index is 13.4. The van der Waals surface area contributed by atoms with Gasteiger partial charge < -0.3 is 9.47 Å². The lowest BCUT2D eigenvalue weighted by atomic mass is 10.1. The first-order chi connectivity index (χ1) is 19.2. The van der Waals surface area contributed by atoms with Gasteiger partial charge in [0, 0.05) is 4.47 Å². The lowest BCUT2D eigenvalue weighted by molar-refractivity contribution is -0.122. The molecule has 0 atom stereocenters. The normalized spacial score (nSPS) is 14.6. The number of hydrogen-bond donors (Lipinski definition) is 1. The molecule has 4 aromatic rings. The molecule has 4 amide bonds. The number of carbonyl (C=O) groups excluding carboxylic acids is 3. The number of imide groups is 2. The maximum absolute atomic E-state index is 13.4. The van der Waals surface area contributed by atoms with Crippen molar-refractivity contribution in [2.75, 3.05) is 11.5 Å². The second kappa shape index (κ2) is 11.8. The molecule has 0 spiro atoms. The number of nitrogens with one attached hydrogen (secondary N) is 1. The van der Waals surface area contributed by atoms with Crippen LogP contribution in [-0.2, 0) is 16.2 Å². The Labute approximate surface area is 253 Å². The van der Waals surface area contributed by atoms with Crippen LogP contribution in [0.4, 0.5) is 10.5 Å². The zero-order valence-electron chi connectivity index (χ0n) is 21.7. The minimum atomic E-state index is -0.795. The molecule has 7 nitrogen and oxygen atoms in total. The van der Waals surface area contributed by atoms with E-state index in [1.54, 1.807) is 30.3 Å². The molecule has 1 heterocycles.